The summed E-state index contributed by atoms with van der Waals surface area (Å²) in [4.78, 5) is 27.1. The van der Waals surface area contributed by atoms with Crippen molar-refractivity contribution in [3.05, 3.63) is 22.7 Å². The Hall–Kier alpha value is -1.88. The number of esters is 1. The number of nitrogens with one attached hydrogen (secondary N) is 2. The summed E-state index contributed by atoms with van der Waals surface area (Å²) in [6, 6.07) is 4.95. The van der Waals surface area contributed by atoms with Gasteiger partial charge in [-0.15, -0.1) is 0 Å². The van der Waals surface area contributed by atoms with Crippen molar-refractivity contribution in [2.24, 2.45) is 0 Å². The van der Waals surface area contributed by atoms with Gasteiger partial charge in [0.1, 0.15) is 0 Å². The summed E-state index contributed by atoms with van der Waals surface area (Å²) >= 11 is 4.15. The molecule has 24 heavy (non-hydrogen) atoms. The van der Waals surface area contributed by atoms with Gasteiger partial charge >= 0.3 is 17.8 Å². The highest BCUT2D eigenvalue weighted by Gasteiger charge is 2.63. The normalized spacial score (nSPS) is 14.1. The molecule has 0 spiro atoms. The van der Waals surface area contributed by atoms with Crippen molar-refractivity contribution in [1.29, 1.82) is 0 Å². The smallest absolute Gasteiger partial charge is 0.442 e. The summed E-state index contributed by atoms with van der Waals surface area (Å²) in [5.74, 6) is -2.76. The van der Waals surface area contributed by atoms with E-state index < -0.39 is 23.7 Å². The lowest BCUT2D eigenvalue weighted by atomic mass is 10.1. The minimum absolute atomic E-state index is 0.195. The molecule has 0 unspecified atom stereocenters. The van der Waals surface area contributed by atoms with Crippen molar-refractivity contribution in [2.45, 2.75) is 18.8 Å². The molecule has 130 valence electrons. The quantitative estimate of drug-likeness (QED) is 0.581. The van der Waals surface area contributed by atoms with Gasteiger partial charge in [0, 0.05) is 11.4 Å². The number of ether oxygens (including phenoxy) is 1. The number of hydrogen-bond donors (Lipinski definition) is 2. The highest BCUT2D eigenvalue weighted by molar-refractivity contribution is 9.10. The average Bonchev–Trinajstić information content (AvgIpc) is 2.85. The van der Waals surface area contributed by atoms with Crippen LogP contribution in [0.1, 0.15) is 6.92 Å². The molecule has 0 saturated carbocycles. The van der Waals surface area contributed by atoms with Crippen LogP contribution in [0.5, 0.6) is 0 Å². The van der Waals surface area contributed by atoms with Crippen LogP contribution in [0.25, 0.3) is 10.2 Å². The van der Waals surface area contributed by atoms with Crippen molar-refractivity contribution in [3.8, 4) is 0 Å². The maximum absolute atomic E-state index is 13.6. The molecule has 0 radical (unpaired) electrons. The van der Waals surface area contributed by atoms with E-state index in [9.17, 15) is 22.8 Å². The van der Waals surface area contributed by atoms with Crippen molar-refractivity contribution in [2.75, 3.05) is 12.4 Å². The minimum atomic E-state index is -5.16. The van der Waals surface area contributed by atoms with Gasteiger partial charge in [0.15, 0.2) is 5.13 Å². The number of methoxy groups -OCH3 is 1. The van der Waals surface area contributed by atoms with Crippen LogP contribution >= 0.6 is 27.3 Å². The monoisotopic (exact) mass is 425 g/mol. The largest absolute Gasteiger partial charge is 0.466 e. The Kier molecular flexibility index (Phi) is 5.04. The third-order valence-electron chi connectivity index (χ3n) is 2.93. The van der Waals surface area contributed by atoms with Crippen molar-refractivity contribution >= 4 is 54.5 Å². The van der Waals surface area contributed by atoms with Crippen LogP contribution in [0.15, 0.2) is 22.7 Å². The summed E-state index contributed by atoms with van der Waals surface area (Å²) in [5, 5.41) is 3.39. The van der Waals surface area contributed by atoms with Gasteiger partial charge in [-0.2, -0.15) is 13.2 Å². The second kappa shape index (κ2) is 6.55. The van der Waals surface area contributed by atoms with Crippen LogP contribution in [0.2, 0.25) is 0 Å². The second-order valence-electron chi connectivity index (χ2n) is 4.68. The van der Waals surface area contributed by atoms with Gasteiger partial charge in [-0.3, -0.25) is 4.79 Å². The van der Waals surface area contributed by atoms with E-state index in [0.29, 0.717) is 10.2 Å². The standard InChI is InChI=1S/C13H11BrF3N3O3S/c1-6(21)19-12(10(22)23-2,13(15,16)17)20-11-18-8-4-3-7(14)5-9(8)24-11/h3-5H,1-2H3,(H,18,20)(H,19,21)/t12-/m1/s1. The number of carbonyl (C=O) groups is 2. The van der Waals surface area contributed by atoms with Gasteiger partial charge < -0.3 is 15.4 Å². The molecule has 0 saturated heterocycles. The zero-order chi connectivity index (χ0) is 18.1. The number of thiazole rings is 1. The van der Waals surface area contributed by atoms with E-state index in [4.69, 9.17) is 0 Å². The highest BCUT2D eigenvalue weighted by Crippen LogP contribution is 2.36. The SMILES string of the molecule is COC(=O)[C@@](NC(C)=O)(Nc1nc2ccc(Br)cc2s1)C(F)(F)F. The van der Waals surface area contributed by atoms with Crippen LogP contribution in [-0.2, 0) is 14.3 Å². The maximum Gasteiger partial charge on any atom is 0.442 e. The number of aromatic nitrogens is 1. The molecule has 0 bridgehead atoms. The zero-order valence-corrected chi connectivity index (χ0v) is 14.7. The van der Waals surface area contributed by atoms with Gasteiger partial charge in [-0.05, 0) is 18.2 Å². The summed E-state index contributed by atoms with van der Waals surface area (Å²) in [6.45, 7) is 0.862. The number of hydrogen-bond acceptors (Lipinski definition) is 6. The molecule has 11 heteroatoms. The molecule has 1 atom stereocenters. The highest BCUT2D eigenvalue weighted by atomic mass is 79.9. The molecular formula is C13H11BrF3N3O3S. The van der Waals surface area contributed by atoms with Gasteiger partial charge in [-0.1, -0.05) is 27.3 Å². The molecular weight excluding hydrogens is 415 g/mol. The van der Waals surface area contributed by atoms with Gasteiger partial charge in [0.25, 0.3) is 0 Å². The second-order valence-corrected chi connectivity index (χ2v) is 6.62. The molecule has 1 aromatic carbocycles. The number of benzene rings is 1. The van der Waals surface area contributed by atoms with E-state index in [0.717, 1.165) is 29.8 Å². The molecule has 1 amide bonds. The molecule has 0 fully saturated rings. The number of anilines is 1. The summed E-state index contributed by atoms with van der Waals surface area (Å²) in [5.41, 5.74) is -2.99. The van der Waals surface area contributed by atoms with Crippen molar-refractivity contribution < 1.29 is 27.5 Å². The lowest BCUT2D eigenvalue weighted by Gasteiger charge is -2.33. The first kappa shape index (κ1) is 18.5. The first-order valence-corrected chi connectivity index (χ1v) is 7.98. The fourth-order valence-corrected chi connectivity index (χ4v) is 3.39. The van der Waals surface area contributed by atoms with E-state index in [1.54, 1.807) is 23.5 Å². The number of fused-ring (bicyclic) bond motifs is 1. The first-order chi connectivity index (χ1) is 11.1. The summed E-state index contributed by atoms with van der Waals surface area (Å²) in [7, 11) is 0.793. The van der Waals surface area contributed by atoms with E-state index in [-0.39, 0.29) is 5.13 Å². The number of amides is 1. The fourth-order valence-electron chi connectivity index (χ4n) is 1.92. The average molecular weight is 426 g/mol. The Labute approximate surface area is 146 Å². The predicted octanol–water partition coefficient (Wildman–Crippen LogP) is 3.04. The van der Waals surface area contributed by atoms with Gasteiger partial charge in [0.05, 0.1) is 17.3 Å². The Morgan fingerprint density at radius 2 is 2.00 bits per heavy atom. The van der Waals surface area contributed by atoms with Gasteiger partial charge in [0.2, 0.25) is 5.91 Å². The number of rotatable bonds is 4. The third-order valence-corrected chi connectivity index (χ3v) is 4.35. The lowest BCUT2D eigenvalue weighted by molar-refractivity contribution is -0.206. The number of alkyl halides is 3. The molecule has 0 aliphatic carbocycles. The van der Waals surface area contributed by atoms with Crippen molar-refractivity contribution in [3.63, 3.8) is 0 Å². The molecule has 0 aliphatic heterocycles. The molecule has 0 aliphatic rings. The third kappa shape index (κ3) is 3.46. The number of nitrogens with zero attached hydrogens (tertiary/aromatic N) is 1. The van der Waals surface area contributed by atoms with Gasteiger partial charge in [-0.25, -0.2) is 9.78 Å². The Morgan fingerprint density at radius 3 is 2.54 bits per heavy atom. The molecule has 2 aromatic rings. The molecule has 6 nitrogen and oxygen atoms in total. The van der Waals surface area contributed by atoms with Crippen LogP contribution in [0, 0.1) is 0 Å². The van der Waals surface area contributed by atoms with E-state index in [1.165, 1.54) is 0 Å². The van der Waals surface area contributed by atoms with Crippen LogP contribution < -0.4 is 10.6 Å². The first-order valence-electron chi connectivity index (χ1n) is 6.37. The number of carbonyl (C=O) groups excluding carboxylic acids is 2. The van der Waals surface area contributed by atoms with Crippen molar-refractivity contribution in [1.82, 2.24) is 10.3 Å². The Morgan fingerprint density at radius 1 is 1.33 bits per heavy atom. The topological polar surface area (TPSA) is 80.3 Å². The number of halogens is 4. The molecule has 2 N–H and O–H groups in total. The van der Waals surface area contributed by atoms with E-state index in [2.05, 4.69) is 25.7 Å². The molecule has 1 heterocycles. The maximum atomic E-state index is 13.6. The predicted molar refractivity (Wildman–Crippen MR) is 85.6 cm³/mol. The summed E-state index contributed by atoms with van der Waals surface area (Å²) in [6.07, 6.45) is -5.16. The Balaban J connectivity index is 2.53. The van der Waals surface area contributed by atoms with Crippen LogP contribution in [0.4, 0.5) is 18.3 Å². The Bertz CT molecular complexity index is 796. The fraction of sp³-hybridized carbons (Fsp3) is 0.308. The van der Waals surface area contributed by atoms with Crippen LogP contribution in [0.3, 0.4) is 0 Å². The molecule has 1 aromatic heterocycles. The minimum Gasteiger partial charge on any atom is -0.466 e. The zero-order valence-electron chi connectivity index (χ0n) is 12.3. The van der Waals surface area contributed by atoms with E-state index >= 15 is 0 Å². The molecule has 2 rings (SSSR count). The summed E-state index contributed by atoms with van der Waals surface area (Å²) < 4.78 is 46.3. The van der Waals surface area contributed by atoms with Crippen LogP contribution in [-0.4, -0.2) is 35.8 Å². The lowest BCUT2D eigenvalue weighted by Crippen LogP contribution is -2.69. The van der Waals surface area contributed by atoms with E-state index in [1.807, 2.05) is 5.32 Å².